The van der Waals surface area contributed by atoms with Gasteiger partial charge in [0.15, 0.2) is 0 Å². The summed E-state index contributed by atoms with van der Waals surface area (Å²) in [4.78, 5) is 27.5. The summed E-state index contributed by atoms with van der Waals surface area (Å²) in [5, 5.41) is 7.41. The summed E-state index contributed by atoms with van der Waals surface area (Å²) >= 11 is 0. The van der Waals surface area contributed by atoms with E-state index in [2.05, 4.69) is 15.4 Å². The number of nitrogens with zero attached hydrogens (tertiary/aromatic N) is 3. The second-order valence-corrected chi connectivity index (χ2v) is 4.26. The van der Waals surface area contributed by atoms with Crippen molar-refractivity contribution in [3.63, 3.8) is 0 Å². The van der Waals surface area contributed by atoms with Gasteiger partial charge in [-0.15, -0.1) is 5.01 Å². The first kappa shape index (κ1) is 12.2. The number of hydrogen-bond donors (Lipinski definition) is 1. The van der Waals surface area contributed by atoms with Crippen LogP contribution in [0.5, 0.6) is 0 Å². The number of imide groups is 1. The van der Waals surface area contributed by atoms with E-state index >= 15 is 0 Å². The van der Waals surface area contributed by atoms with Crippen molar-refractivity contribution < 1.29 is 9.59 Å². The molecule has 0 aliphatic carbocycles. The largest absolute Gasteiger partial charge is 0.346 e. The molecule has 1 aromatic heterocycles. The second kappa shape index (κ2) is 4.56. The van der Waals surface area contributed by atoms with Gasteiger partial charge in [-0.25, -0.2) is 4.79 Å². The number of carbonyl (C=O) groups excluding carboxylic acids is 2. The highest BCUT2D eigenvalue weighted by atomic mass is 16.2. The first-order valence-electron chi connectivity index (χ1n) is 5.67. The molecule has 0 spiro atoms. The highest BCUT2D eigenvalue weighted by molar-refractivity contribution is 6.07. The topological polar surface area (TPSA) is 74.7 Å². The summed E-state index contributed by atoms with van der Waals surface area (Å²) in [5.41, 5.74) is -0.0807. The highest BCUT2D eigenvalue weighted by Crippen LogP contribution is 2.20. The van der Waals surface area contributed by atoms with Crippen molar-refractivity contribution in [2.75, 3.05) is 0 Å². The highest BCUT2D eigenvalue weighted by Gasteiger charge is 2.46. The lowest BCUT2D eigenvalue weighted by Crippen LogP contribution is -2.42. The molecule has 1 fully saturated rings. The van der Waals surface area contributed by atoms with Crippen LogP contribution < -0.4 is 5.32 Å². The van der Waals surface area contributed by atoms with Gasteiger partial charge < -0.3 is 5.32 Å². The molecule has 0 bridgehead atoms. The third-order valence-electron chi connectivity index (χ3n) is 2.98. The predicted octanol–water partition coefficient (Wildman–Crippen LogP) is 1.14. The molecule has 1 aliphatic heterocycles. The van der Waals surface area contributed by atoms with Gasteiger partial charge in [0.25, 0.3) is 5.91 Å². The summed E-state index contributed by atoms with van der Waals surface area (Å²) < 4.78 is 0. The lowest BCUT2D eigenvalue weighted by Gasteiger charge is -2.17. The molecule has 1 N–H and O–H groups in total. The van der Waals surface area contributed by atoms with E-state index < -0.39 is 11.6 Å². The molecule has 6 heteroatoms. The van der Waals surface area contributed by atoms with Crippen LogP contribution in [0, 0.1) is 0 Å². The van der Waals surface area contributed by atoms with Crippen molar-refractivity contribution >= 4 is 18.2 Å². The molecule has 0 aromatic carbocycles. The third kappa shape index (κ3) is 2.09. The van der Waals surface area contributed by atoms with Gasteiger partial charge in [0.1, 0.15) is 5.54 Å². The Morgan fingerprint density at radius 3 is 2.67 bits per heavy atom. The Kier molecular flexibility index (Phi) is 3.10. The lowest BCUT2D eigenvalue weighted by molar-refractivity contribution is -0.130. The standard InChI is InChI=1S/C12H14N4O2/c1-3-12(2)10(17)16(11(18)15-12)14-8-9-4-6-13-7-5-9/h4-8H,3H2,1-2H3,(H,15,18). The SMILES string of the molecule is CCC1(C)NC(=O)N(N=Cc2ccncc2)C1=O. The van der Waals surface area contributed by atoms with Crippen LogP contribution in [-0.2, 0) is 4.79 Å². The summed E-state index contributed by atoms with van der Waals surface area (Å²) in [6, 6.07) is 2.98. The van der Waals surface area contributed by atoms with E-state index in [1.54, 1.807) is 31.5 Å². The van der Waals surface area contributed by atoms with Gasteiger partial charge in [-0.3, -0.25) is 9.78 Å². The van der Waals surface area contributed by atoms with Crippen LogP contribution >= 0.6 is 0 Å². The fourth-order valence-electron chi connectivity index (χ4n) is 1.59. The van der Waals surface area contributed by atoms with E-state index in [0.717, 1.165) is 10.6 Å². The zero-order chi connectivity index (χ0) is 13.2. The van der Waals surface area contributed by atoms with E-state index in [-0.39, 0.29) is 5.91 Å². The quantitative estimate of drug-likeness (QED) is 0.641. The zero-order valence-electron chi connectivity index (χ0n) is 10.3. The van der Waals surface area contributed by atoms with Gasteiger partial charge >= 0.3 is 6.03 Å². The van der Waals surface area contributed by atoms with E-state index in [1.165, 1.54) is 6.21 Å². The molecule has 1 atom stereocenters. The summed E-state index contributed by atoms with van der Waals surface area (Å²) in [7, 11) is 0. The molecule has 0 radical (unpaired) electrons. The average Bonchev–Trinajstić information content (AvgIpc) is 2.60. The Bertz CT molecular complexity index is 500. The summed E-state index contributed by atoms with van der Waals surface area (Å²) in [6.07, 6.45) is 5.21. The van der Waals surface area contributed by atoms with Crippen molar-refractivity contribution in [3.8, 4) is 0 Å². The molecule has 1 unspecified atom stereocenters. The molecular weight excluding hydrogens is 232 g/mol. The molecule has 1 aliphatic rings. The zero-order valence-corrected chi connectivity index (χ0v) is 10.3. The van der Waals surface area contributed by atoms with Crippen LogP contribution in [0.2, 0.25) is 0 Å². The van der Waals surface area contributed by atoms with E-state index in [9.17, 15) is 9.59 Å². The number of nitrogens with one attached hydrogen (secondary N) is 1. The average molecular weight is 246 g/mol. The van der Waals surface area contributed by atoms with Crippen LogP contribution in [0.25, 0.3) is 0 Å². The van der Waals surface area contributed by atoms with Crippen LogP contribution in [0.3, 0.4) is 0 Å². The Hall–Kier alpha value is -2.24. The minimum atomic E-state index is -0.854. The number of aromatic nitrogens is 1. The van der Waals surface area contributed by atoms with Gasteiger partial charge in [-0.05, 0) is 31.0 Å². The maximum atomic E-state index is 12.0. The molecule has 1 saturated heterocycles. The lowest BCUT2D eigenvalue weighted by atomic mass is 10.00. The normalized spacial score (nSPS) is 23.8. The van der Waals surface area contributed by atoms with Gasteiger partial charge in [0.2, 0.25) is 0 Å². The number of hydrogen-bond acceptors (Lipinski definition) is 4. The molecule has 3 amide bonds. The number of rotatable bonds is 3. The maximum absolute atomic E-state index is 12.0. The number of amides is 3. The van der Waals surface area contributed by atoms with Crippen molar-refractivity contribution in [1.29, 1.82) is 0 Å². The molecule has 18 heavy (non-hydrogen) atoms. The van der Waals surface area contributed by atoms with Crippen LogP contribution in [-0.4, -0.2) is 33.7 Å². The second-order valence-electron chi connectivity index (χ2n) is 4.26. The smallest absolute Gasteiger partial charge is 0.322 e. The fourth-order valence-corrected chi connectivity index (χ4v) is 1.59. The Morgan fingerprint density at radius 2 is 2.11 bits per heavy atom. The van der Waals surface area contributed by atoms with Crippen molar-refractivity contribution in [3.05, 3.63) is 30.1 Å². The molecule has 2 rings (SSSR count). The van der Waals surface area contributed by atoms with Gasteiger partial charge in [-0.2, -0.15) is 5.10 Å². The molecular formula is C12H14N4O2. The molecule has 1 aromatic rings. The Labute approximate surface area is 105 Å². The molecule has 94 valence electrons. The van der Waals surface area contributed by atoms with Gasteiger partial charge in [-0.1, -0.05) is 6.92 Å². The first-order valence-corrected chi connectivity index (χ1v) is 5.67. The van der Waals surface area contributed by atoms with E-state index in [4.69, 9.17) is 0 Å². The Balaban J connectivity index is 2.18. The number of urea groups is 1. The maximum Gasteiger partial charge on any atom is 0.346 e. The monoisotopic (exact) mass is 246 g/mol. The number of hydrazone groups is 1. The van der Waals surface area contributed by atoms with Gasteiger partial charge in [0.05, 0.1) is 6.21 Å². The summed E-state index contributed by atoms with van der Waals surface area (Å²) in [6.45, 7) is 3.53. The van der Waals surface area contributed by atoms with E-state index in [1.807, 2.05) is 6.92 Å². The van der Waals surface area contributed by atoms with Crippen LogP contribution in [0.4, 0.5) is 4.79 Å². The predicted molar refractivity (Wildman–Crippen MR) is 65.9 cm³/mol. The third-order valence-corrected chi connectivity index (χ3v) is 2.98. The number of pyridine rings is 1. The Morgan fingerprint density at radius 1 is 1.44 bits per heavy atom. The van der Waals surface area contributed by atoms with Crippen molar-refractivity contribution in [2.24, 2.45) is 5.10 Å². The van der Waals surface area contributed by atoms with Crippen molar-refractivity contribution in [2.45, 2.75) is 25.8 Å². The summed E-state index contributed by atoms with van der Waals surface area (Å²) in [5.74, 6) is -0.333. The minimum absolute atomic E-state index is 0.333. The van der Waals surface area contributed by atoms with Crippen molar-refractivity contribution in [1.82, 2.24) is 15.3 Å². The molecule has 6 nitrogen and oxygen atoms in total. The van der Waals surface area contributed by atoms with Crippen LogP contribution in [0.1, 0.15) is 25.8 Å². The minimum Gasteiger partial charge on any atom is -0.322 e. The van der Waals surface area contributed by atoms with Crippen LogP contribution in [0.15, 0.2) is 29.6 Å². The molecule has 0 saturated carbocycles. The van der Waals surface area contributed by atoms with Gasteiger partial charge in [0, 0.05) is 12.4 Å². The molecule has 2 heterocycles. The number of carbonyl (C=O) groups is 2. The first-order chi connectivity index (χ1) is 8.57. The van der Waals surface area contributed by atoms with E-state index in [0.29, 0.717) is 6.42 Å². The fraction of sp³-hybridized carbons (Fsp3) is 0.333.